The molecule has 0 unspecified atom stereocenters. The highest BCUT2D eigenvalue weighted by Crippen LogP contribution is 2.24. The second-order valence-corrected chi connectivity index (χ2v) is 6.81. The summed E-state index contributed by atoms with van der Waals surface area (Å²) in [5, 5.41) is 6.84. The number of rotatable bonds is 7. The van der Waals surface area contributed by atoms with Gasteiger partial charge in [0.25, 0.3) is 5.91 Å². The maximum absolute atomic E-state index is 12.4. The Labute approximate surface area is 169 Å². The van der Waals surface area contributed by atoms with E-state index in [4.69, 9.17) is 16.3 Å². The quantitative estimate of drug-likeness (QED) is 0.605. The number of nitrogens with one attached hydrogen (secondary N) is 2. The van der Waals surface area contributed by atoms with Crippen LogP contribution in [0.5, 0.6) is 5.75 Å². The number of pyridine rings is 1. The molecule has 1 aromatic heterocycles. The number of ether oxygens (including phenoxy) is 1. The van der Waals surface area contributed by atoms with Gasteiger partial charge in [-0.2, -0.15) is 0 Å². The molecule has 3 rings (SSSR count). The van der Waals surface area contributed by atoms with E-state index in [9.17, 15) is 4.79 Å². The smallest absolute Gasteiger partial charge is 0.269 e. The summed E-state index contributed by atoms with van der Waals surface area (Å²) >= 11 is 6.07. The Morgan fingerprint density at radius 1 is 1.14 bits per heavy atom. The van der Waals surface area contributed by atoms with Crippen molar-refractivity contribution in [3.8, 4) is 5.75 Å². The Balaban J connectivity index is 1.61. The zero-order valence-electron chi connectivity index (χ0n) is 15.8. The van der Waals surface area contributed by atoms with E-state index in [1.807, 2.05) is 55.5 Å². The molecule has 144 valence electrons. The average molecular weight is 396 g/mol. The first-order valence-electron chi connectivity index (χ1n) is 8.95. The third kappa shape index (κ3) is 5.24. The van der Waals surface area contributed by atoms with E-state index in [0.717, 1.165) is 28.3 Å². The van der Waals surface area contributed by atoms with Gasteiger partial charge in [-0.3, -0.25) is 9.78 Å². The standard InChI is InChI=1S/C22H22ClN3O2/c1-15-6-7-17(23)13-20(15)26-18-9-11-24-21(14-18)22(27)25-10-8-16-4-3-5-19(12-16)28-2/h3-7,9,11-14H,8,10H2,1-2H3,(H,24,26)(H,25,27). The summed E-state index contributed by atoms with van der Waals surface area (Å²) in [7, 11) is 1.64. The maximum atomic E-state index is 12.4. The highest BCUT2D eigenvalue weighted by atomic mass is 35.5. The van der Waals surface area contributed by atoms with Crippen molar-refractivity contribution in [3.63, 3.8) is 0 Å². The van der Waals surface area contributed by atoms with Gasteiger partial charge in [-0.25, -0.2) is 0 Å². The molecular formula is C22H22ClN3O2. The lowest BCUT2D eigenvalue weighted by Crippen LogP contribution is -2.26. The Morgan fingerprint density at radius 2 is 2.00 bits per heavy atom. The molecule has 5 nitrogen and oxygen atoms in total. The predicted octanol–water partition coefficient (Wildman–Crippen LogP) is 4.77. The summed E-state index contributed by atoms with van der Waals surface area (Å²) in [6, 6.07) is 17.0. The fourth-order valence-electron chi connectivity index (χ4n) is 2.76. The molecule has 0 aliphatic carbocycles. The first kappa shape index (κ1) is 19.7. The van der Waals surface area contributed by atoms with Crippen molar-refractivity contribution in [1.29, 1.82) is 0 Å². The molecule has 0 saturated carbocycles. The van der Waals surface area contributed by atoms with Crippen LogP contribution in [-0.2, 0) is 6.42 Å². The lowest BCUT2D eigenvalue weighted by molar-refractivity contribution is 0.0949. The monoisotopic (exact) mass is 395 g/mol. The molecular weight excluding hydrogens is 374 g/mol. The zero-order chi connectivity index (χ0) is 19.9. The molecule has 2 N–H and O–H groups in total. The van der Waals surface area contributed by atoms with E-state index in [0.29, 0.717) is 23.7 Å². The molecule has 0 aliphatic heterocycles. The van der Waals surface area contributed by atoms with Crippen LogP contribution < -0.4 is 15.4 Å². The number of hydrogen-bond acceptors (Lipinski definition) is 4. The van der Waals surface area contributed by atoms with Crippen LogP contribution in [0.1, 0.15) is 21.6 Å². The van der Waals surface area contributed by atoms with Gasteiger partial charge in [-0.05, 0) is 60.9 Å². The minimum atomic E-state index is -0.214. The fourth-order valence-corrected chi connectivity index (χ4v) is 2.93. The molecule has 28 heavy (non-hydrogen) atoms. The van der Waals surface area contributed by atoms with Gasteiger partial charge in [-0.15, -0.1) is 0 Å². The molecule has 0 radical (unpaired) electrons. The van der Waals surface area contributed by atoms with Crippen LogP contribution in [0, 0.1) is 6.92 Å². The van der Waals surface area contributed by atoms with Crippen LogP contribution >= 0.6 is 11.6 Å². The molecule has 0 fully saturated rings. The van der Waals surface area contributed by atoms with E-state index in [2.05, 4.69) is 15.6 Å². The van der Waals surface area contributed by atoms with Gasteiger partial charge in [0.05, 0.1) is 7.11 Å². The molecule has 0 atom stereocenters. The number of hydrogen-bond donors (Lipinski definition) is 2. The lowest BCUT2D eigenvalue weighted by Gasteiger charge is -2.11. The van der Waals surface area contributed by atoms with E-state index >= 15 is 0 Å². The number of aromatic nitrogens is 1. The van der Waals surface area contributed by atoms with Crippen LogP contribution in [0.2, 0.25) is 5.02 Å². The minimum absolute atomic E-state index is 0.214. The van der Waals surface area contributed by atoms with Crippen LogP contribution in [0.3, 0.4) is 0 Å². The molecule has 3 aromatic rings. The van der Waals surface area contributed by atoms with Crippen molar-refractivity contribution >= 4 is 28.9 Å². The highest BCUT2D eigenvalue weighted by molar-refractivity contribution is 6.30. The van der Waals surface area contributed by atoms with Crippen molar-refractivity contribution < 1.29 is 9.53 Å². The number of nitrogens with zero attached hydrogens (tertiary/aromatic N) is 1. The summed E-state index contributed by atoms with van der Waals surface area (Å²) in [6.07, 6.45) is 2.32. The zero-order valence-corrected chi connectivity index (χ0v) is 16.6. The highest BCUT2D eigenvalue weighted by Gasteiger charge is 2.09. The van der Waals surface area contributed by atoms with E-state index < -0.39 is 0 Å². The van der Waals surface area contributed by atoms with Crippen molar-refractivity contribution in [2.75, 3.05) is 19.0 Å². The van der Waals surface area contributed by atoms with Crippen LogP contribution in [0.15, 0.2) is 60.8 Å². The average Bonchev–Trinajstić information content (AvgIpc) is 2.71. The third-order valence-electron chi connectivity index (χ3n) is 4.30. The number of amides is 1. The van der Waals surface area contributed by atoms with Crippen molar-refractivity contribution in [1.82, 2.24) is 10.3 Å². The van der Waals surface area contributed by atoms with Gasteiger partial charge in [0.1, 0.15) is 11.4 Å². The maximum Gasteiger partial charge on any atom is 0.269 e. The van der Waals surface area contributed by atoms with E-state index in [-0.39, 0.29) is 5.91 Å². The molecule has 0 spiro atoms. The SMILES string of the molecule is COc1cccc(CCNC(=O)c2cc(Nc3cc(Cl)ccc3C)ccn2)c1. The number of carbonyl (C=O) groups excluding carboxylic acids is 1. The second-order valence-electron chi connectivity index (χ2n) is 6.37. The molecule has 0 bridgehead atoms. The van der Waals surface area contributed by atoms with Gasteiger partial charge in [-0.1, -0.05) is 29.8 Å². The fraction of sp³-hybridized carbons (Fsp3) is 0.182. The summed E-state index contributed by atoms with van der Waals surface area (Å²) in [4.78, 5) is 16.6. The first-order chi connectivity index (χ1) is 13.5. The number of benzene rings is 2. The van der Waals surface area contributed by atoms with Gasteiger partial charge >= 0.3 is 0 Å². The molecule has 0 aliphatic rings. The minimum Gasteiger partial charge on any atom is -0.497 e. The normalized spacial score (nSPS) is 10.4. The Hall–Kier alpha value is -3.05. The molecule has 1 amide bonds. The Bertz CT molecular complexity index is 976. The molecule has 1 heterocycles. The lowest BCUT2D eigenvalue weighted by atomic mass is 10.1. The number of halogens is 1. The predicted molar refractivity (Wildman–Crippen MR) is 113 cm³/mol. The molecule has 2 aromatic carbocycles. The summed E-state index contributed by atoms with van der Waals surface area (Å²) < 4.78 is 5.22. The first-order valence-corrected chi connectivity index (χ1v) is 9.33. The Kier molecular flexibility index (Phi) is 6.50. The third-order valence-corrected chi connectivity index (χ3v) is 4.54. The van der Waals surface area contributed by atoms with Crippen molar-refractivity contribution in [2.24, 2.45) is 0 Å². The second kappa shape index (κ2) is 9.24. The number of anilines is 2. The Morgan fingerprint density at radius 3 is 2.82 bits per heavy atom. The van der Waals surface area contributed by atoms with Crippen molar-refractivity contribution in [3.05, 3.63) is 82.6 Å². The van der Waals surface area contributed by atoms with Gasteiger partial charge in [0.2, 0.25) is 0 Å². The van der Waals surface area contributed by atoms with Crippen molar-refractivity contribution in [2.45, 2.75) is 13.3 Å². The summed E-state index contributed by atoms with van der Waals surface area (Å²) in [6.45, 7) is 2.50. The van der Waals surface area contributed by atoms with Gasteiger partial charge in [0.15, 0.2) is 0 Å². The van der Waals surface area contributed by atoms with E-state index in [1.165, 1.54) is 0 Å². The summed E-state index contributed by atoms with van der Waals surface area (Å²) in [5.74, 6) is 0.593. The van der Waals surface area contributed by atoms with Crippen LogP contribution in [-0.4, -0.2) is 24.5 Å². The number of carbonyl (C=O) groups is 1. The molecule has 6 heteroatoms. The number of methoxy groups -OCH3 is 1. The van der Waals surface area contributed by atoms with Crippen LogP contribution in [0.4, 0.5) is 11.4 Å². The van der Waals surface area contributed by atoms with Gasteiger partial charge in [0, 0.05) is 29.1 Å². The summed E-state index contributed by atoms with van der Waals surface area (Å²) in [5.41, 5.74) is 4.18. The molecule has 0 saturated heterocycles. The van der Waals surface area contributed by atoms with Gasteiger partial charge < -0.3 is 15.4 Å². The number of aryl methyl sites for hydroxylation is 1. The topological polar surface area (TPSA) is 63.2 Å². The van der Waals surface area contributed by atoms with E-state index in [1.54, 1.807) is 19.4 Å². The van der Waals surface area contributed by atoms with Crippen LogP contribution in [0.25, 0.3) is 0 Å². The largest absolute Gasteiger partial charge is 0.497 e.